The summed E-state index contributed by atoms with van der Waals surface area (Å²) in [5.41, 5.74) is 0. The number of aliphatic carboxylic acids is 1. The first kappa shape index (κ1) is 14.8. The van der Waals surface area contributed by atoms with Crippen molar-refractivity contribution in [3.63, 3.8) is 0 Å². The van der Waals surface area contributed by atoms with E-state index in [2.05, 4.69) is 5.32 Å². The van der Waals surface area contributed by atoms with Crippen molar-refractivity contribution in [2.75, 3.05) is 20.1 Å². The first-order valence-corrected chi connectivity index (χ1v) is 6.40. The molecule has 0 bridgehead atoms. The summed E-state index contributed by atoms with van der Waals surface area (Å²) >= 11 is 0. The largest absolute Gasteiger partial charge is 0.479 e. The Morgan fingerprint density at radius 1 is 1.39 bits per heavy atom. The molecule has 0 aromatic rings. The van der Waals surface area contributed by atoms with E-state index in [1.54, 1.807) is 11.9 Å². The molecular weight excluding hydrogens is 236 g/mol. The maximum atomic E-state index is 11.7. The molecular formula is C12H22N2O4. The number of carbonyl (C=O) groups excluding carboxylic acids is 1. The van der Waals surface area contributed by atoms with Gasteiger partial charge in [0.2, 0.25) is 0 Å². The van der Waals surface area contributed by atoms with Crippen molar-refractivity contribution < 1.29 is 19.8 Å². The second kappa shape index (κ2) is 7.20. The van der Waals surface area contributed by atoms with Crippen LogP contribution in [-0.2, 0) is 4.79 Å². The van der Waals surface area contributed by atoms with Crippen LogP contribution in [-0.4, -0.2) is 53.4 Å². The van der Waals surface area contributed by atoms with Crippen LogP contribution in [0.25, 0.3) is 0 Å². The predicted octanol–water partition coefficient (Wildman–Crippen LogP) is 0.654. The van der Waals surface area contributed by atoms with Crippen molar-refractivity contribution in [1.29, 1.82) is 0 Å². The number of carbonyl (C=O) groups is 2. The number of urea groups is 1. The zero-order chi connectivity index (χ0) is 13.5. The molecule has 2 amide bonds. The van der Waals surface area contributed by atoms with Gasteiger partial charge in [-0.3, -0.25) is 0 Å². The topological polar surface area (TPSA) is 89.9 Å². The summed E-state index contributed by atoms with van der Waals surface area (Å²) in [6, 6.07) is -0.209. The van der Waals surface area contributed by atoms with Crippen LogP contribution in [0.1, 0.15) is 32.1 Å². The summed E-state index contributed by atoms with van der Waals surface area (Å²) in [5, 5.41) is 20.1. The van der Waals surface area contributed by atoms with Gasteiger partial charge in [-0.2, -0.15) is 0 Å². The number of carboxylic acid groups (broad SMARTS) is 1. The lowest BCUT2D eigenvalue weighted by Gasteiger charge is -2.21. The van der Waals surface area contributed by atoms with E-state index in [1.807, 2.05) is 0 Å². The van der Waals surface area contributed by atoms with Crippen molar-refractivity contribution in [2.24, 2.45) is 5.92 Å². The highest BCUT2D eigenvalue weighted by Gasteiger charge is 2.19. The first-order chi connectivity index (χ1) is 8.50. The molecule has 104 valence electrons. The summed E-state index contributed by atoms with van der Waals surface area (Å²) in [6.45, 7) is 0.911. The maximum absolute atomic E-state index is 11.7. The van der Waals surface area contributed by atoms with E-state index in [9.17, 15) is 9.59 Å². The fourth-order valence-electron chi connectivity index (χ4n) is 2.24. The van der Waals surface area contributed by atoms with E-state index in [0.717, 1.165) is 6.54 Å². The third-order valence-electron chi connectivity index (χ3n) is 3.33. The third-order valence-corrected chi connectivity index (χ3v) is 3.33. The van der Waals surface area contributed by atoms with Gasteiger partial charge < -0.3 is 20.4 Å². The predicted molar refractivity (Wildman–Crippen MR) is 66.2 cm³/mol. The summed E-state index contributed by atoms with van der Waals surface area (Å²) < 4.78 is 0. The Morgan fingerprint density at radius 3 is 2.56 bits per heavy atom. The van der Waals surface area contributed by atoms with Gasteiger partial charge in [-0.15, -0.1) is 0 Å². The van der Waals surface area contributed by atoms with E-state index in [1.165, 1.54) is 25.7 Å². The average molecular weight is 258 g/mol. The summed E-state index contributed by atoms with van der Waals surface area (Å²) in [7, 11) is 1.74. The van der Waals surface area contributed by atoms with Gasteiger partial charge in [0.1, 0.15) is 0 Å². The van der Waals surface area contributed by atoms with E-state index in [-0.39, 0.29) is 19.0 Å². The maximum Gasteiger partial charge on any atom is 0.332 e. The Morgan fingerprint density at radius 2 is 2.00 bits per heavy atom. The molecule has 0 aromatic heterocycles. The van der Waals surface area contributed by atoms with Gasteiger partial charge in [0.25, 0.3) is 0 Å². The number of hydrogen-bond acceptors (Lipinski definition) is 3. The lowest BCUT2D eigenvalue weighted by atomic mass is 10.1. The Balaban J connectivity index is 2.16. The second-order valence-corrected chi connectivity index (χ2v) is 4.91. The summed E-state index contributed by atoms with van der Waals surface area (Å²) in [5.74, 6) is -0.672. The molecule has 0 saturated heterocycles. The lowest BCUT2D eigenvalue weighted by molar-refractivity contribution is -0.146. The third kappa shape index (κ3) is 4.91. The van der Waals surface area contributed by atoms with Gasteiger partial charge in [-0.05, 0) is 18.8 Å². The monoisotopic (exact) mass is 258 g/mol. The van der Waals surface area contributed by atoms with Crippen LogP contribution in [0.2, 0.25) is 0 Å². The number of nitrogens with one attached hydrogen (secondary N) is 1. The highest BCUT2D eigenvalue weighted by Crippen LogP contribution is 2.25. The van der Waals surface area contributed by atoms with E-state index < -0.39 is 12.1 Å². The molecule has 18 heavy (non-hydrogen) atoms. The van der Waals surface area contributed by atoms with Gasteiger partial charge in [0, 0.05) is 26.6 Å². The zero-order valence-electron chi connectivity index (χ0n) is 10.8. The van der Waals surface area contributed by atoms with Gasteiger partial charge in [-0.25, -0.2) is 9.59 Å². The normalized spacial score (nSPS) is 17.4. The highest BCUT2D eigenvalue weighted by molar-refractivity contribution is 5.74. The van der Waals surface area contributed by atoms with Gasteiger partial charge in [0.05, 0.1) is 0 Å². The Labute approximate surface area is 107 Å². The highest BCUT2D eigenvalue weighted by atomic mass is 16.4. The van der Waals surface area contributed by atoms with Crippen LogP contribution in [0.3, 0.4) is 0 Å². The minimum absolute atomic E-state index is 0.0261. The van der Waals surface area contributed by atoms with Crippen molar-refractivity contribution in [1.82, 2.24) is 10.2 Å². The number of carboxylic acids is 1. The number of rotatable bonds is 6. The van der Waals surface area contributed by atoms with E-state index >= 15 is 0 Å². The molecule has 6 heteroatoms. The van der Waals surface area contributed by atoms with Crippen LogP contribution in [0.4, 0.5) is 4.79 Å². The van der Waals surface area contributed by atoms with Crippen molar-refractivity contribution in [3.8, 4) is 0 Å². The number of aliphatic hydroxyl groups is 1. The number of hydrogen-bond donors (Lipinski definition) is 3. The minimum Gasteiger partial charge on any atom is -0.479 e. The molecule has 1 aliphatic rings. The second-order valence-electron chi connectivity index (χ2n) is 4.91. The molecule has 0 radical (unpaired) electrons. The average Bonchev–Trinajstić information content (AvgIpc) is 2.81. The molecule has 0 unspecified atom stereocenters. The minimum atomic E-state index is -1.41. The Bertz CT molecular complexity index is 290. The van der Waals surface area contributed by atoms with Crippen LogP contribution in [0.15, 0.2) is 0 Å². The lowest BCUT2D eigenvalue weighted by Crippen LogP contribution is -2.41. The van der Waals surface area contributed by atoms with Crippen LogP contribution < -0.4 is 5.32 Å². The molecule has 0 aliphatic heterocycles. The first-order valence-electron chi connectivity index (χ1n) is 6.40. The molecule has 1 aliphatic carbocycles. The van der Waals surface area contributed by atoms with Gasteiger partial charge in [-0.1, -0.05) is 12.8 Å². The molecule has 0 spiro atoms. The number of nitrogens with zero attached hydrogens (tertiary/aromatic N) is 1. The van der Waals surface area contributed by atoms with Crippen molar-refractivity contribution in [3.05, 3.63) is 0 Å². The fourth-order valence-corrected chi connectivity index (χ4v) is 2.24. The van der Waals surface area contributed by atoms with Gasteiger partial charge in [0.15, 0.2) is 6.10 Å². The molecule has 1 fully saturated rings. The Hall–Kier alpha value is -1.30. The SMILES string of the molecule is CN(CC1CCCC1)C(=O)NCC[C@H](O)C(=O)O. The number of amides is 2. The van der Waals surface area contributed by atoms with Crippen LogP contribution >= 0.6 is 0 Å². The standard InChI is InChI=1S/C12H22N2O4/c1-14(8-9-4-2-3-5-9)12(18)13-7-6-10(15)11(16)17/h9-10,15H,2-8H2,1H3,(H,13,18)(H,16,17)/t10-/m0/s1. The fraction of sp³-hybridized carbons (Fsp3) is 0.833. The molecule has 1 atom stereocenters. The smallest absolute Gasteiger partial charge is 0.332 e. The molecule has 1 saturated carbocycles. The quantitative estimate of drug-likeness (QED) is 0.652. The van der Waals surface area contributed by atoms with Crippen LogP contribution in [0.5, 0.6) is 0 Å². The van der Waals surface area contributed by atoms with Crippen LogP contribution in [0, 0.1) is 5.92 Å². The van der Waals surface area contributed by atoms with Crippen molar-refractivity contribution >= 4 is 12.0 Å². The molecule has 6 nitrogen and oxygen atoms in total. The molecule has 1 rings (SSSR count). The summed E-state index contributed by atoms with van der Waals surface area (Å²) in [4.78, 5) is 23.7. The van der Waals surface area contributed by atoms with E-state index in [0.29, 0.717) is 5.92 Å². The zero-order valence-corrected chi connectivity index (χ0v) is 10.8. The van der Waals surface area contributed by atoms with Crippen molar-refractivity contribution in [2.45, 2.75) is 38.2 Å². The molecule has 0 heterocycles. The summed E-state index contributed by atoms with van der Waals surface area (Å²) in [6.07, 6.45) is 3.45. The van der Waals surface area contributed by atoms with E-state index in [4.69, 9.17) is 10.2 Å². The number of aliphatic hydroxyl groups excluding tert-OH is 1. The Kier molecular flexibility index (Phi) is 5.91. The molecule has 3 N–H and O–H groups in total. The molecule has 0 aromatic carbocycles. The van der Waals surface area contributed by atoms with Gasteiger partial charge >= 0.3 is 12.0 Å².